The molecule has 1 aliphatic heterocycles. The van der Waals surface area contributed by atoms with Crippen LogP contribution in [0.1, 0.15) is 11.1 Å². The fraction of sp³-hybridized carbons (Fsp3) is 0.111. The molecule has 1 N–H and O–H groups in total. The third kappa shape index (κ3) is 3.80. The molecule has 0 radical (unpaired) electrons. The van der Waals surface area contributed by atoms with Crippen LogP contribution in [0.25, 0.3) is 6.08 Å². The Balaban J connectivity index is 1.81. The van der Waals surface area contributed by atoms with Crippen LogP contribution in [0.3, 0.4) is 0 Å². The van der Waals surface area contributed by atoms with Crippen molar-refractivity contribution in [2.75, 3.05) is 7.11 Å². The first-order valence-corrected chi connectivity index (χ1v) is 8.44. The first-order chi connectivity index (χ1) is 11.5. The zero-order valence-electron chi connectivity index (χ0n) is 13.2. The van der Waals surface area contributed by atoms with Crippen LogP contribution in [-0.2, 0) is 4.79 Å². The van der Waals surface area contributed by atoms with E-state index in [2.05, 4.69) is 10.3 Å². The summed E-state index contributed by atoms with van der Waals surface area (Å²) in [7, 11) is 1.56. The molecule has 0 atom stereocenters. The molecular formula is C18H15ClN2O2S. The molecule has 2 aromatic carbocycles. The smallest absolute Gasteiger partial charge is 0.264 e. The standard InChI is InChI=1S/C18H15ClN2O2S/c1-11-3-6-13(7-4-11)20-18-21-17(22)16(24-18)10-12-5-8-15(23-2)14(19)9-12/h3-10H,1-2H3,(H,20,21,22)/b16-10-. The maximum atomic E-state index is 12.1. The number of aryl methyl sites for hydroxylation is 1. The van der Waals surface area contributed by atoms with Crippen molar-refractivity contribution >= 4 is 46.2 Å². The van der Waals surface area contributed by atoms with Gasteiger partial charge >= 0.3 is 0 Å². The number of rotatable bonds is 3. The highest BCUT2D eigenvalue weighted by Gasteiger charge is 2.23. The van der Waals surface area contributed by atoms with Gasteiger partial charge in [-0.25, -0.2) is 4.99 Å². The van der Waals surface area contributed by atoms with Crippen molar-refractivity contribution in [1.82, 2.24) is 5.32 Å². The Morgan fingerprint density at radius 1 is 1.21 bits per heavy atom. The third-order valence-corrected chi connectivity index (χ3v) is 4.59. The predicted molar refractivity (Wildman–Crippen MR) is 100.0 cm³/mol. The summed E-state index contributed by atoms with van der Waals surface area (Å²) < 4.78 is 5.13. The van der Waals surface area contributed by atoms with Gasteiger partial charge in [0, 0.05) is 0 Å². The van der Waals surface area contributed by atoms with Crippen LogP contribution in [0.5, 0.6) is 5.75 Å². The van der Waals surface area contributed by atoms with E-state index in [0.29, 0.717) is 20.8 Å². The first kappa shape index (κ1) is 16.6. The van der Waals surface area contributed by atoms with E-state index in [9.17, 15) is 4.79 Å². The number of hydrogen-bond acceptors (Lipinski definition) is 4. The van der Waals surface area contributed by atoms with Crippen LogP contribution >= 0.6 is 23.4 Å². The molecule has 1 amide bonds. The van der Waals surface area contributed by atoms with Gasteiger partial charge in [-0.2, -0.15) is 0 Å². The van der Waals surface area contributed by atoms with Crippen molar-refractivity contribution in [3.05, 3.63) is 63.5 Å². The largest absolute Gasteiger partial charge is 0.495 e. The zero-order valence-corrected chi connectivity index (χ0v) is 14.7. The number of nitrogens with zero attached hydrogens (tertiary/aromatic N) is 1. The lowest BCUT2D eigenvalue weighted by atomic mass is 10.2. The van der Waals surface area contributed by atoms with Gasteiger partial charge in [0.05, 0.1) is 22.7 Å². The minimum atomic E-state index is -0.169. The maximum absolute atomic E-state index is 12.1. The summed E-state index contributed by atoms with van der Waals surface area (Å²) in [6, 6.07) is 13.2. The zero-order chi connectivity index (χ0) is 17.1. The van der Waals surface area contributed by atoms with E-state index in [0.717, 1.165) is 11.3 Å². The topological polar surface area (TPSA) is 50.7 Å². The summed E-state index contributed by atoms with van der Waals surface area (Å²) in [5.74, 6) is 0.432. The Bertz CT molecular complexity index is 845. The number of benzene rings is 2. The Kier molecular flexibility index (Phi) is 4.92. The minimum Gasteiger partial charge on any atom is -0.495 e. The molecule has 3 rings (SSSR count). The van der Waals surface area contributed by atoms with Gasteiger partial charge in [0.25, 0.3) is 5.91 Å². The Morgan fingerprint density at radius 2 is 1.96 bits per heavy atom. The number of ether oxygens (including phenoxy) is 1. The summed E-state index contributed by atoms with van der Waals surface area (Å²) in [5.41, 5.74) is 2.80. The quantitative estimate of drug-likeness (QED) is 0.819. The lowest BCUT2D eigenvalue weighted by Gasteiger charge is -2.03. The predicted octanol–water partition coefficient (Wildman–Crippen LogP) is 4.55. The van der Waals surface area contributed by atoms with Crippen LogP contribution in [0.4, 0.5) is 5.69 Å². The SMILES string of the molecule is COc1ccc(/C=C2\SC(=Nc3ccc(C)cc3)NC2=O)cc1Cl. The number of amides is 1. The average molecular weight is 359 g/mol. The van der Waals surface area contributed by atoms with E-state index in [1.807, 2.05) is 37.3 Å². The number of aliphatic imine (C=N–C) groups is 1. The third-order valence-electron chi connectivity index (χ3n) is 3.39. The van der Waals surface area contributed by atoms with Crippen molar-refractivity contribution in [1.29, 1.82) is 0 Å². The molecule has 0 aromatic heterocycles. The van der Waals surface area contributed by atoms with Gasteiger partial charge in [0.15, 0.2) is 5.17 Å². The van der Waals surface area contributed by atoms with Gasteiger partial charge < -0.3 is 10.1 Å². The van der Waals surface area contributed by atoms with Crippen LogP contribution in [0.2, 0.25) is 5.02 Å². The molecule has 0 aliphatic carbocycles. The van der Waals surface area contributed by atoms with Crippen LogP contribution < -0.4 is 10.1 Å². The van der Waals surface area contributed by atoms with E-state index in [1.165, 1.54) is 17.3 Å². The molecule has 1 aliphatic rings. The van der Waals surface area contributed by atoms with Gasteiger partial charge in [-0.05, 0) is 54.6 Å². The molecule has 6 heteroatoms. The highest BCUT2D eigenvalue weighted by atomic mass is 35.5. The fourth-order valence-corrected chi connectivity index (χ4v) is 3.25. The van der Waals surface area contributed by atoms with Crippen LogP contribution in [-0.4, -0.2) is 18.2 Å². The van der Waals surface area contributed by atoms with E-state index in [-0.39, 0.29) is 5.91 Å². The summed E-state index contributed by atoms with van der Waals surface area (Å²) in [6.07, 6.45) is 1.78. The molecule has 4 nitrogen and oxygen atoms in total. The number of carbonyl (C=O) groups is 1. The van der Waals surface area contributed by atoms with Crippen molar-refractivity contribution in [3.8, 4) is 5.75 Å². The second-order valence-corrected chi connectivity index (χ2v) is 6.65. The van der Waals surface area contributed by atoms with Gasteiger partial charge in [-0.15, -0.1) is 0 Å². The molecule has 0 spiro atoms. The number of methoxy groups -OCH3 is 1. The Labute approximate surface area is 149 Å². The van der Waals surface area contributed by atoms with Gasteiger partial charge in [-0.3, -0.25) is 4.79 Å². The first-order valence-electron chi connectivity index (χ1n) is 7.25. The fourth-order valence-electron chi connectivity index (χ4n) is 2.14. The normalized spacial score (nSPS) is 17.4. The highest BCUT2D eigenvalue weighted by Crippen LogP contribution is 2.30. The van der Waals surface area contributed by atoms with Crippen LogP contribution in [0.15, 0.2) is 52.4 Å². The van der Waals surface area contributed by atoms with Crippen molar-refractivity contribution in [2.45, 2.75) is 6.92 Å². The van der Waals surface area contributed by atoms with Crippen molar-refractivity contribution < 1.29 is 9.53 Å². The lowest BCUT2D eigenvalue weighted by Crippen LogP contribution is -2.19. The molecule has 0 unspecified atom stereocenters. The number of nitrogens with one attached hydrogen (secondary N) is 1. The summed E-state index contributed by atoms with van der Waals surface area (Å²) in [6.45, 7) is 2.02. The number of halogens is 1. The van der Waals surface area contributed by atoms with Crippen molar-refractivity contribution in [2.24, 2.45) is 4.99 Å². The van der Waals surface area contributed by atoms with Gasteiger partial charge in [0.2, 0.25) is 0 Å². The van der Waals surface area contributed by atoms with E-state index < -0.39 is 0 Å². The van der Waals surface area contributed by atoms with Gasteiger partial charge in [0.1, 0.15) is 5.75 Å². The summed E-state index contributed by atoms with van der Waals surface area (Å²) >= 11 is 7.42. The van der Waals surface area contributed by atoms with Crippen molar-refractivity contribution in [3.63, 3.8) is 0 Å². The minimum absolute atomic E-state index is 0.169. The molecular weight excluding hydrogens is 344 g/mol. The molecule has 1 heterocycles. The van der Waals surface area contributed by atoms with E-state index >= 15 is 0 Å². The number of hydrogen-bond donors (Lipinski definition) is 1. The monoisotopic (exact) mass is 358 g/mol. The van der Waals surface area contributed by atoms with E-state index in [1.54, 1.807) is 25.3 Å². The lowest BCUT2D eigenvalue weighted by molar-refractivity contribution is -0.115. The van der Waals surface area contributed by atoms with Gasteiger partial charge in [-0.1, -0.05) is 35.4 Å². The molecule has 0 bridgehead atoms. The highest BCUT2D eigenvalue weighted by molar-refractivity contribution is 8.18. The summed E-state index contributed by atoms with van der Waals surface area (Å²) in [4.78, 5) is 17.1. The molecule has 0 saturated carbocycles. The second-order valence-electron chi connectivity index (χ2n) is 5.21. The molecule has 1 saturated heterocycles. The Morgan fingerprint density at radius 3 is 2.62 bits per heavy atom. The Hall–Kier alpha value is -2.24. The summed E-state index contributed by atoms with van der Waals surface area (Å²) in [5, 5.41) is 3.84. The molecule has 24 heavy (non-hydrogen) atoms. The average Bonchev–Trinajstić information content (AvgIpc) is 2.89. The van der Waals surface area contributed by atoms with E-state index in [4.69, 9.17) is 16.3 Å². The molecule has 1 fully saturated rings. The molecule has 2 aromatic rings. The maximum Gasteiger partial charge on any atom is 0.264 e. The van der Waals surface area contributed by atoms with Crippen LogP contribution in [0, 0.1) is 6.92 Å². The number of carbonyl (C=O) groups excluding carboxylic acids is 1. The number of thioether (sulfide) groups is 1. The number of amidine groups is 1. The molecule has 122 valence electrons. The second kappa shape index (κ2) is 7.11.